The molecule has 0 aliphatic heterocycles. The molecule has 0 radical (unpaired) electrons. The summed E-state index contributed by atoms with van der Waals surface area (Å²) in [6, 6.07) is 23.3. The van der Waals surface area contributed by atoms with Crippen LogP contribution >= 0.6 is 0 Å². The van der Waals surface area contributed by atoms with Crippen LogP contribution in [0.15, 0.2) is 89.7 Å². The van der Waals surface area contributed by atoms with Gasteiger partial charge >= 0.3 is 5.97 Å². The highest BCUT2D eigenvalue weighted by atomic mass is 19.1. The second kappa shape index (κ2) is 8.51. The monoisotopic (exact) mass is 440 g/mol. The summed E-state index contributed by atoms with van der Waals surface area (Å²) < 4.78 is 20.2. The first kappa shape index (κ1) is 20.3. The van der Waals surface area contributed by atoms with Crippen molar-refractivity contribution in [2.45, 2.75) is 6.61 Å². The van der Waals surface area contributed by atoms with Crippen LogP contribution in [0.25, 0.3) is 27.8 Å². The van der Waals surface area contributed by atoms with Gasteiger partial charge in [0.15, 0.2) is 5.82 Å². The summed E-state index contributed by atoms with van der Waals surface area (Å²) in [4.78, 5) is 30.3. The lowest BCUT2D eigenvalue weighted by atomic mass is 10.1. The number of fused-ring (bicyclic) bond motifs is 1. The maximum Gasteiger partial charge on any atom is 0.356 e. The van der Waals surface area contributed by atoms with E-state index in [4.69, 9.17) is 4.74 Å². The van der Waals surface area contributed by atoms with Crippen LogP contribution in [0.2, 0.25) is 0 Å². The molecule has 0 bridgehead atoms. The van der Waals surface area contributed by atoms with Crippen LogP contribution in [0.3, 0.4) is 0 Å². The minimum atomic E-state index is -0.641. The first-order valence-electron chi connectivity index (χ1n) is 10.1. The van der Waals surface area contributed by atoms with Crippen molar-refractivity contribution >= 4 is 16.9 Å². The number of para-hydroxylation sites is 1. The van der Waals surface area contributed by atoms with Gasteiger partial charge in [0.05, 0.1) is 22.3 Å². The normalized spacial score (nSPS) is 10.9. The largest absolute Gasteiger partial charge is 0.453 e. The van der Waals surface area contributed by atoms with Crippen LogP contribution in [-0.2, 0) is 11.3 Å². The van der Waals surface area contributed by atoms with Crippen LogP contribution in [0.1, 0.15) is 16.3 Å². The molecule has 162 valence electrons. The van der Waals surface area contributed by atoms with E-state index in [2.05, 4.69) is 15.2 Å². The Labute approximate surface area is 187 Å². The molecule has 0 aliphatic carbocycles. The predicted octanol–water partition coefficient (Wildman–Crippen LogP) is 4.27. The molecule has 0 saturated carbocycles. The van der Waals surface area contributed by atoms with E-state index in [0.29, 0.717) is 22.3 Å². The molecular formula is C25H17FN4O3. The van der Waals surface area contributed by atoms with E-state index in [0.717, 1.165) is 5.56 Å². The Bertz CT molecular complexity index is 1510. The van der Waals surface area contributed by atoms with Crippen molar-refractivity contribution in [3.63, 3.8) is 0 Å². The number of halogens is 1. The van der Waals surface area contributed by atoms with E-state index in [1.54, 1.807) is 30.3 Å². The maximum atomic E-state index is 13.4. The Kier molecular flexibility index (Phi) is 5.24. The number of carbonyl (C=O) groups excluding carboxylic acids is 1. The number of ether oxygens (including phenoxy) is 1. The topological polar surface area (TPSA) is 89.9 Å². The highest BCUT2D eigenvalue weighted by Crippen LogP contribution is 2.18. The number of hydrogen-bond donors (Lipinski definition) is 1. The Hall–Kier alpha value is -4.59. The predicted molar refractivity (Wildman–Crippen MR) is 120 cm³/mol. The summed E-state index contributed by atoms with van der Waals surface area (Å²) in [5.74, 6) is -0.860. The SMILES string of the molecule is O=C(OCc1nc2ccccc2c(=O)n1-c1ccc(F)cc1)c1cc(-c2ccccc2)n[nH]1. The minimum Gasteiger partial charge on any atom is -0.453 e. The first-order valence-corrected chi connectivity index (χ1v) is 10.1. The van der Waals surface area contributed by atoms with E-state index in [1.165, 1.54) is 28.8 Å². The van der Waals surface area contributed by atoms with Crippen LogP contribution in [-0.4, -0.2) is 25.7 Å². The molecule has 33 heavy (non-hydrogen) atoms. The Morgan fingerprint density at radius 2 is 1.70 bits per heavy atom. The standard InChI is InChI=1S/C25H17FN4O3/c26-17-10-12-18(13-11-17)30-23(27-20-9-5-4-8-19(20)24(30)31)15-33-25(32)22-14-21(28-29-22)16-6-2-1-3-7-16/h1-14H,15H2,(H,28,29). The van der Waals surface area contributed by atoms with E-state index in [1.807, 2.05) is 30.3 Å². The summed E-state index contributed by atoms with van der Waals surface area (Å²) in [7, 11) is 0. The van der Waals surface area contributed by atoms with Gasteiger partial charge in [-0.15, -0.1) is 0 Å². The molecule has 0 saturated heterocycles. The third-order valence-corrected chi connectivity index (χ3v) is 5.13. The number of hydrogen-bond acceptors (Lipinski definition) is 5. The van der Waals surface area contributed by atoms with Crippen molar-refractivity contribution in [1.29, 1.82) is 0 Å². The summed E-state index contributed by atoms with van der Waals surface area (Å²) >= 11 is 0. The smallest absolute Gasteiger partial charge is 0.356 e. The van der Waals surface area contributed by atoms with Crippen molar-refractivity contribution in [2.24, 2.45) is 0 Å². The molecule has 2 heterocycles. The number of benzene rings is 3. The molecule has 0 spiro atoms. The second-order valence-corrected chi connectivity index (χ2v) is 7.27. The molecule has 2 aromatic heterocycles. The van der Waals surface area contributed by atoms with Gasteiger partial charge < -0.3 is 4.74 Å². The van der Waals surface area contributed by atoms with Crippen LogP contribution < -0.4 is 5.56 Å². The van der Waals surface area contributed by atoms with Gasteiger partial charge in [0.1, 0.15) is 18.1 Å². The molecule has 8 heteroatoms. The molecule has 0 unspecified atom stereocenters. The van der Waals surface area contributed by atoms with Gasteiger partial charge in [0.2, 0.25) is 0 Å². The zero-order valence-electron chi connectivity index (χ0n) is 17.2. The van der Waals surface area contributed by atoms with E-state index in [-0.39, 0.29) is 23.7 Å². The molecule has 3 aromatic carbocycles. The van der Waals surface area contributed by atoms with Crippen LogP contribution in [0, 0.1) is 5.82 Å². The second-order valence-electron chi connectivity index (χ2n) is 7.27. The number of carbonyl (C=O) groups is 1. The molecule has 0 fully saturated rings. The molecule has 0 aliphatic rings. The van der Waals surface area contributed by atoms with Crippen molar-refractivity contribution in [1.82, 2.24) is 19.7 Å². The number of esters is 1. The molecule has 0 amide bonds. The number of nitrogens with one attached hydrogen (secondary N) is 1. The van der Waals surface area contributed by atoms with Gasteiger partial charge in [0, 0.05) is 5.56 Å². The lowest BCUT2D eigenvalue weighted by molar-refractivity contribution is 0.0452. The molecule has 0 atom stereocenters. The van der Waals surface area contributed by atoms with Crippen LogP contribution in [0.5, 0.6) is 0 Å². The lowest BCUT2D eigenvalue weighted by Crippen LogP contribution is -2.25. The van der Waals surface area contributed by atoms with Gasteiger partial charge in [-0.05, 0) is 42.5 Å². The average Bonchev–Trinajstić information content (AvgIpc) is 3.35. The highest BCUT2D eigenvalue weighted by molar-refractivity contribution is 5.88. The number of aromatic amines is 1. The summed E-state index contributed by atoms with van der Waals surface area (Å²) in [5.41, 5.74) is 2.18. The van der Waals surface area contributed by atoms with Crippen molar-refractivity contribution in [2.75, 3.05) is 0 Å². The number of nitrogens with zero attached hydrogens (tertiary/aromatic N) is 3. The maximum absolute atomic E-state index is 13.4. The number of aromatic nitrogens is 4. The number of rotatable bonds is 5. The van der Waals surface area contributed by atoms with Crippen molar-refractivity contribution < 1.29 is 13.9 Å². The average molecular weight is 440 g/mol. The summed E-state index contributed by atoms with van der Waals surface area (Å²) in [6.07, 6.45) is 0. The zero-order valence-corrected chi connectivity index (χ0v) is 17.2. The Morgan fingerprint density at radius 3 is 2.48 bits per heavy atom. The molecule has 5 rings (SSSR count). The van der Waals surface area contributed by atoms with Crippen molar-refractivity contribution in [3.8, 4) is 16.9 Å². The first-order chi connectivity index (χ1) is 16.1. The molecule has 7 nitrogen and oxygen atoms in total. The third kappa shape index (κ3) is 4.01. The molecular weight excluding hydrogens is 423 g/mol. The van der Waals surface area contributed by atoms with Gasteiger partial charge in [-0.25, -0.2) is 14.2 Å². The lowest BCUT2D eigenvalue weighted by Gasteiger charge is -2.13. The van der Waals surface area contributed by atoms with Gasteiger partial charge in [0.25, 0.3) is 5.56 Å². The fourth-order valence-corrected chi connectivity index (χ4v) is 3.52. The van der Waals surface area contributed by atoms with E-state index >= 15 is 0 Å². The van der Waals surface area contributed by atoms with Gasteiger partial charge in [-0.1, -0.05) is 42.5 Å². The zero-order chi connectivity index (χ0) is 22.8. The summed E-state index contributed by atoms with van der Waals surface area (Å²) in [6.45, 7) is -0.268. The highest BCUT2D eigenvalue weighted by Gasteiger charge is 2.17. The Morgan fingerprint density at radius 1 is 0.970 bits per heavy atom. The van der Waals surface area contributed by atoms with Crippen LogP contribution in [0.4, 0.5) is 4.39 Å². The fourth-order valence-electron chi connectivity index (χ4n) is 3.52. The fraction of sp³-hybridized carbons (Fsp3) is 0.0400. The minimum absolute atomic E-state index is 0.172. The summed E-state index contributed by atoms with van der Waals surface area (Å²) in [5, 5.41) is 7.24. The van der Waals surface area contributed by atoms with Gasteiger partial charge in [-0.2, -0.15) is 5.10 Å². The van der Waals surface area contributed by atoms with E-state index < -0.39 is 11.8 Å². The quantitative estimate of drug-likeness (QED) is 0.412. The molecule has 5 aromatic rings. The van der Waals surface area contributed by atoms with E-state index in [9.17, 15) is 14.0 Å². The van der Waals surface area contributed by atoms with Gasteiger partial charge in [-0.3, -0.25) is 14.5 Å². The van der Waals surface area contributed by atoms with Crippen molar-refractivity contribution in [3.05, 3.63) is 113 Å². The Balaban J connectivity index is 1.47. The number of H-pyrrole nitrogens is 1. The molecule has 1 N–H and O–H groups in total. The third-order valence-electron chi connectivity index (χ3n) is 5.13.